The van der Waals surface area contributed by atoms with Gasteiger partial charge in [-0.25, -0.2) is 0 Å². The Morgan fingerprint density at radius 1 is 1.40 bits per heavy atom. The predicted octanol–water partition coefficient (Wildman–Crippen LogP) is 1.67. The summed E-state index contributed by atoms with van der Waals surface area (Å²) in [5.41, 5.74) is -0.782. The Hall–Kier alpha value is -2.26. The van der Waals surface area contributed by atoms with E-state index in [4.69, 9.17) is 4.74 Å². The maximum absolute atomic E-state index is 12.8. The van der Waals surface area contributed by atoms with Gasteiger partial charge < -0.3 is 20.3 Å². The standard InChI is InChI=1S/C16H19F3N2O4/c1-21-9-10(13(22)15(21)24)14(23)20-7-4-8-25-12-6-3-2-5-11(12)16(17,18)19/h2-3,5-6,15,22,24H,4,7-9H2,1H3,(H,20,23). The zero-order chi connectivity index (χ0) is 18.6. The summed E-state index contributed by atoms with van der Waals surface area (Å²) in [6.45, 7) is 0.249. The van der Waals surface area contributed by atoms with Crippen LogP contribution in [-0.4, -0.2) is 54.0 Å². The molecule has 9 heteroatoms. The molecule has 1 aromatic carbocycles. The van der Waals surface area contributed by atoms with Gasteiger partial charge in [0.2, 0.25) is 0 Å². The lowest BCUT2D eigenvalue weighted by Gasteiger charge is -2.14. The number of amides is 1. The number of alkyl halides is 3. The van der Waals surface area contributed by atoms with Gasteiger partial charge in [0.25, 0.3) is 5.91 Å². The van der Waals surface area contributed by atoms with Crippen LogP contribution in [-0.2, 0) is 11.0 Å². The molecule has 1 aliphatic rings. The number of aliphatic hydroxyl groups excluding tert-OH is 2. The molecular formula is C16H19F3N2O4. The maximum atomic E-state index is 12.8. The number of para-hydroxylation sites is 1. The molecule has 1 atom stereocenters. The number of halogens is 3. The van der Waals surface area contributed by atoms with Crippen LogP contribution in [0, 0.1) is 0 Å². The topological polar surface area (TPSA) is 82.0 Å². The first-order valence-corrected chi connectivity index (χ1v) is 7.59. The molecule has 138 valence electrons. The molecule has 0 saturated carbocycles. The largest absolute Gasteiger partial charge is 0.508 e. The molecule has 0 fully saturated rings. The normalized spacial score (nSPS) is 18.5. The van der Waals surface area contributed by atoms with Gasteiger partial charge in [0.1, 0.15) is 11.5 Å². The van der Waals surface area contributed by atoms with Crippen LogP contribution in [0.1, 0.15) is 12.0 Å². The van der Waals surface area contributed by atoms with Crippen molar-refractivity contribution in [1.29, 1.82) is 0 Å². The fourth-order valence-electron chi connectivity index (χ4n) is 2.36. The highest BCUT2D eigenvalue weighted by atomic mass is 19.4. The number of aliphatic hydroxyl groups is 2. The molecule has 1 amide bonds. The Labute approximate surface area is 142 Å². The summed E-state index contributed by atoms with van der Waals surface area (Å²) < 4.78 is 43.6. The highest BCUT2D eigenvalue weighted by Gasteiger charge is 2.34. The summed E-state index contributed by atoms with van der Waals surface area (Å²) in [6, 6.07) is 4.90. The molecule has 0 radical (unpaired) electrons. The van der Waals surface area contributed by atoms with Crippen molar-refractivity contribution in [2.24, 2.45) is 0 Å². The van der Waals surface area contributed by atoms with Crippen LogP contribution >= 0.6 is 0 Å². The van der Waals surface area contributed by atoms with Crippen molar-refractivity contribution in [2.45, 2.75) is 18.8 Å². The van der Waals surface area contributed by atoms with E-state index in [0.29, 0.717) is 0 Å². The van der Waals surface area contributed by atoms with Crippen molar-refractivity contribution in [3.05, 3.63) is 41.2 Å². The molecule has 0 bridgehead atoms. The van der Waals surface area contributed by atoms with E-state index in [0.717, 1.165) is 6.07 Å². The molecule has 1 heterocycles. The lowest BCUT2D eigenvalue weighted by atomic mass is 10.2. The van der Waals surface area contributed by atoms with Gasteiger partial charge in [-0.3, -0.25) is 9.69 Å². The van der Waals surface area contributed by atoms with E-state index >= 15 is 0 Å². The van der Waals surface area contributed by atoms with Crippen molar-refractivity contribution in [3.63, 3.8) is 0 Å². The molecule has 1 aliphatic heterocycles. The molecule has 0 saturated heterocycles. The van der Waals surface area contributed by atoms with Crippen LogP contribution < -0.4 is 10.1 Å². The molecule has 3 N–H and O–H groups in total. The molecule has 1 aromatic rings. The number of benzene rings is 1. The van der Waals surface area contributed by atoms with Crippen LogP contribution in [0.3, 0.4) is 0 Å². The van der Waals surface area contributed by atoms with Crippen molar-refractivity contribution in [2.75, 3.05) is 26.7 Å². The molecular weight excluding hydrogens is 341 g/mol. The van der Waals surface area contributed by atoms with Gasteiger partial charge in [0.05, 0.1) is 17.7 Å². The van der Waals surface area contributed by atoms with Crippen molar-refractivity contribution in [1.82, 2.24) is 10.2 Å². The summed E-state index contributed by atoms with van der Waals surface area (Å²) in [5, 5.41) is 21.7. The van der Waals surface area contributed by atoms with E-state index in [9.17, 15) is 28.2 Å². The van der Waals surface area contributed by atoms with E-state index in [-0.39, 0.29) is 37.4 Å². The molecule has 6 nitrogen and oxygen atoms in total. The Balaban J connectivity index is 1.79. The lowest BCUT2D eigenvalue weighted by molar-refractivity contribution is -0.139. The fourth-order valence-corrected chi connectivity index (χ4v) is 2.36. The van der Waals surface area contributed by atoms with E-state index < -0.39 is 29.6 Å². The van der Waals surface area contributed by atoms with E-state index in [2.05, 4.69) is 5.32 Å². The summed E-state index contributed by atoms with van der Waals surface area (Å²) in [7, 11) is 1.55. The number of hydrogen-bond donors (Lipinski definition) is 3. The van der Waals surface area contributed by atoms with Crippen LogP contribution in [0.4, 0.5) is 13.2 Å². The average Bonchev–Trinajstić information content (AvgIpc) is 2.81. The first kappa shape index (κ1) is 19.1. The third-order valence-electron chi connectivity index (χ3n) is 3.71. The summed E-state index contributed by atoms with van der Waals surface area (Å²) in [6.07, 6.45) is -5.42. The highest BCUT2D eigenvalue weighted by Crippen LogP contribution is 2.35. The molecule has 2 rings (SSSR count). The SMILES string of the molecule is CN1CC(C(=O)NCCCOc2ccccc2C(F)(F)F)=C(O)C1O. The zero-order valence-electron chi connectivity index (χ0n) is 13.5. The number of carbonyl (C=O) groups is 1. The molecule has 1 unspecified atom stereocenters. The number of nitrogens with one attached hydrogen (secondary N) is 1. The quantitative estimate of drug-likeness (QED) is 0.673. The molecule has 0 aromatic heterocycles. The molecule has 0 aliphatic carbocycles. The second-order valence-electron chi connectivity index (χ2n) is 5.60. The van der Waals surface area contributed by atoms with Gasteiger partial charge >= 0.3 is 6.18 Å². The Bertz CT molecular complexity index is 661. The summed E-state index contributed by atoms with van der Waals surface area (Å²) >= 11 is 0. The Kier molecular flexibility index (Phi) is 5.91. The highest BCUT2D eigenvalue weighted by molar-refractivity contribution is 5.94. The Morgan fingerprint density at radius 3 is 2.68 bits per heavy atom. The lowest BCUT2D eigenvalue weighted by Crippen LogP contribution is -2.30. The second-order valence-corrected chi connectivity index (χ2v) is 5.60. The number of rotatable bonds is 6. The van der Waals surface area contributed by atoms with Gasteiger partial charge in [-0.15, -0.1) is 0 Å². The van der Waals surface area contributed by atoms with Gasteiger partial charge in [-0.1, -0.05) is 12.1 Å². The summed E-state index contributed by atoms with van der Waals surface area (Å²) in [5.74, 6) is -1.19. The number of hydrogen-bond acceptors (Lipinski definition) is 5. The van der Waals surface area contributed by atoms with E-state index in [1.165, 1.54) is 23.1 Å². The minimum atomic E-state index is -4.50. The average molecular weight is 360 g/mol. The number of carbonyl (C=O) groups excluding carboxylic acids is 1. The number of ether oxygens (including phenoxy) is 1. The monoisotopic (exact) mass is 360 g/mol. The van der Waals surface area contributed by atoms with Gasteiger partial charge in [-0.05, 0) is 25.6 Å². The van der Waals surface area contributed by atoms with Crippen LogP contribution in [0.15, 0.2) is 35.6 Å². The molecule has 25 heavy (non-hydrogen) atoms. The first-order valence-electron chi connectivity index (χ1n) is 7.59. The van der Waals surface area contributed by atoms with Gasteiger partial charge in [0.15, 0.2) is 6.23 Å². The first-order chi connectivity index (χ1) is 11.7. The van der Waals surface area contributed by atoms with Crippen LogP contribution in [0.25, 0.3) is 0 Å². The number of likely N-dealkylation sites (N-methyl/N-ethyl adjacent to an activating group) is 1. The third-order valence-corrected chi connectivity index (χ3v) is 3.71. The minimum Gasteiger partial charge on any atom is -0.508 e. The van der Waals surface area contributed by atoms with Crippen LogP contribution in [0.5, 0.6) is 5.75 Å². The smallest absolute Gasteiger partial charge is 0.419 e. The minimum absolute atomic E-state index is 0.0130. The fraction of sp³-hybridized carbons (Fsp3) is 0.438. The van der Waals surface area contributed by atoms with Gasteiger partial charge in [-0.2, -0.15) is 13.2 Å². The maximum Gasteiger partial charge on any atom is 0.419 e. The van der Waals surface area contributed by atoms with Crippen molar-refractivity contribution in [3.8, 4) is 5.75 Å². The van der Waals surface area contributed by atoms with Crippen molar-refractivity contribution >= 4 is 5.91 Å². The summed E-state index contributed by atoms with van der Waals surface area (Å²) in [4.78, 5) is 13.3. The molecule has 0 spiro atoms. The van der Waals surface area contributed by atoms with E-state index in [1.807, 2.05) is 0 Å². The Morgan fingerprint density at radius 2 is 2.08 bits per heavy atom. The van der Waals surface area contributed by atoms with Gasteiger partial charge in [0, 0.05) is 13.1 Å². The zero-order valence-corrected chi connectivity index (χ0v) is 13.5. The predicted molar refractivity (Wildman–Crippen MR) is 82.9 cm³/mol. The second kappa shape index (κ2) is 7.75. The van der Waals surface area contributed by atoms with E-state index in [1.54, 1.807) is 7.05 Å². The number of nitrogens with zero attached hydrogens (tertiary/aromatic N) is 1. The third kappa shape index (κ3) is 4.64. The van der Waals surface area contributed by atoms with Crippen molar-refractivity contribution < 1.29 is 32.9 Å². The van der Waals surface area contributed by atoms with Crippen LogP contribution in [0.2, 0.25) is 0 Å².